The third kappa shape index (κ3) is 3.52. The third-order valence-corrected chi connectivity index (χ3v) is 5.92. The van der Waals surface area contributed by atoms with Gasteiger partial charge in [-0.1, -0.05) is 59.8 Å². The molecule has 0 aliphatic carbocycles. The molecule has 6 nitrogen and oxygen atoms in total. The minimum atomic E-state index is -0.415. The van der Waals surface area contributed by atoms with E-state index < -0.39 is 5.25 Å². The maximum atomic E-state index is 13.2. The molecule has 8 heteroatoms. The molecule has 0 bridgehead atoms. The molecule has 138 valence electrons. The zero-order valence-corrected chi connectivity index (χ0v) is 16.4. The lowest BCUT2D eigenvalue weighted by atomic mass is 10.0. The van der Waals surface area contributed by atoms with E-state index in [9.17, 15) is 4.79 Å². The number of benzene rings is 2. The molecule has 2 aromatic carbocycles. The van der Waals surface area contributed by atoms with Gasteiger partial charge in [-0.3, -0.25) is 4.79 Å². The SMILES string of the molecule is Cc1ccc(Cl)cc1NC(=O)[C@H]1Sc2nnc(C)n2N[C@@H]1c1ccccc1. The Morgan fingerprint density at radius 1 is 1.19 bits per heavy atom. The number of rotatable bonds is 3. The van der Waals surface area contributed by atoms with Crippen molar-refractivity contribution >= 4 is 35.0 Å². The summed E-state index contributed by atoms with van der Waals surface area (Å²) in [6.45, 7) is 3.81. The molecule has 0 saturated carbocycles. The molecular formula is C19H18ClN5OS. The summed E-state index contributed by atoms with van der Waals surface area (Å²) in [6.07, 6.45) is 0. The van der Waals surface area contributed by atoms with E-state index >= 15 is 0 Å². The van der Waals surface area contributed by atoms with Gasteiger partial charge in [-0.05, 0) is 37.1 Å². The van der Waals surface area contributed by atoms with Crippen LogP contribution in [0.4, 0.5) is 5.69 Å². The van der Waals surface area contributed by atoms with Gasteiger partial charge >= 0.3 is 0 Å². The first kappa shape index (κ1) is 17.9. The number of carbonyl (C=O) groups excluding carboxylic acids is 1. The van der Waals surface area contributed by atoms with E-state index in [0.717, 1.165) is 17.0 Å². The summed E-state index contributed by atoms with van der Waals surface area (Å²) < 4.78 is 1.83. The largest absolute Gasteiger partial charge is 0.325 e. The Kier molecular flexibility index (Phi) is 4.80. The lowest BCUT2D eigenvalue weighted by Gasteiger charge is -2.32. The number of hydrogen-bond donors (Lipinski definition) is 2. The first-order chi connectivity index (χ1) is 13.0. The van der Waals surface area contributed by atoms with E-state index in [1.165, 1.54) is 11.8 Å². The van der Waals surface area contributed by atoms with E-state index in [2.05, 4.69) is 20.9 Å². The fraction of sp³-hybridized carbons (Fsp3) is 0.211. The third-order valence-electron chi connectivity index (χ3n) is 4.47. The van der Waals surface area contributed by atoms with Crippen molar-refractivity contribution < 1.29 is 4.79 Å². The highest BCUT2D eigenvalue weighted by molar-refractivity contribution is 8.00. The van der Waals surface area contributed by atoms with Crippen molar-refractivity contribution in [2.24, 2.45) is 0 Å². The Morgan fingerprint density at radius 3 is 2.74 bits per heavy atom. The van der Waals surface area contributed by atoms with Gasteiger partial charge in [0.2, 0.25) is 11.1 Å². The van der Waals surface area contributed by atoms with Gasteiger partial charge in [0.1, 0.15) is 11.1 Å². The summed E-state index contributed by atoms with van der Waals surface area (Å²) in [5, 5.41) is 12.1. The highest BCUT2D eigenvalue weighted by Gasteiger charge is 2.37. The number of hydrogen-bond acceptors (Lipinski definition) is 5. The predicted octanol–water partition coefficient (Wildman–Crippen LogP) is 3.95. The number of aryl methyl sites for hydroxylation is 2. The molecule has 0 radical (unpaired) electrons. The van der Waals surface area contributed by atoms with Crippen LogP contribution in [0.2, 0.25) is 5.02 Å². The average Bonchev–Trinajstić information content (AvgIpc) is 3.04. The maximum absolute atomic E-state index is 13.2. The normalized spacial score (nSPS) is 18.5. The molecule has 3 aromatic rings. The Morgan fingerprint density at radius 2 is 1.96 bits per heavy atom. The van der Waals surface area contributed by atoms with E-state index in [4.69, 9.17) is 11.6 Å². The molecule has 1 aliphatic rings. The second kappa shape index (κ2) is 7.25. The minimum Gasteiger partial charge on any atom is -0.325 e. The Hall–Kier alpha value is -2.51. The van der Waals surface area contributed by atoms with Crippen molar-refractivity contribution in [3.63, 3.8) is 0 Å². The number of thioether (sulfide) groups is 1. The maximum Gasteiger partial charge on any atom is 0.240 e. The fourth-order valence-electron chi connectivity index (χ4n) is 3.00. The second-order valence-electron chi connectivity index (χ2n) is 6.37. The Balaban J connectivity index is 1.67. The number of amides is 1. The van der Waals surface area contributed by atoms with Crippen LogP contribution in [0.15, 0.2) is 53.7 Å². The van der Waals surface area contributed by atoms with Crippen LogP contribution in [0.3, 0.4) is 0 Å². The van der Waals surface area contributed by atoms with Crippen molar-refractivity contribution in [1.29, 1.82) is 0 Å². The van der Waals surface area contributed by atoms with Gasteiger partial charge < -0.3 is 10.7 Å². The monoisotopic (exact) mass is 399 g/mol. The number of nitrogens with zero attached hydrogens (tertiary/aromatic N) is 3. The van der Waals surface area contributed by atoms with Crippen molar-refractivity contribution in [1.82, 2.24) is 14.9 Å². The summed E-state index contributed by atoms with van der Waals surface area (Å²) in [5.74, 6) is 0.640. The van der Waals surface area contributed by atoms with Crippen molar-refractivity contribution in [3.05, 3.63) is 70.5 Å². The van der Waals surface area contributed by atoms with Crippen LogP contribution in [-0.4, -0.2) is 26.0 Å². The van der Waals surface area contributed by atoms with Gasteiger partial charge in [-0.2, -0.15) is 0 Å². The lowest BCUT2D eigenvalue weighted by Crippen LogP contribution is -2.41. The number of aromatic nitrogens is 3. The van der Waals surface area contributed by atoms with Crippen LogP contribution in [0.5, 0.6) is 0 Å². The molecule has 2 atom stereocenters. The van der Waals surface area contributed by atoms with Gasteiger partial charge in [0.15, 0.2) is 0 Å². The van der Waals surface area contributed by atoms with Crippen LogP contribution < -0.4 is 10.7 Å². The van der Waals surface area contributed by atoms with Crippen LogP contribution in [0.25, 0.3) is 0 Å². The molecule has 2 heterocycles. The molecule has 27 heavy (non-hydrogen) atoms. The Bertz CT molecular complexity index is 991. The van der Waals surface area contributed by atoms with Gasteiger partial charge in [-0.15, -0.1) is 10.2 Å². The molecule has 2 N–H and O–H groups in total. The molecule has 4 rings (SSSR count). The highest BCUT2D eigenvalue weighted by atomic mass is 35.5. The van der Waals surface area contributed by atoms with E-state index in [1.54, 1.807) is 6.07 Å². The van der Waals surface area contributed by atoms with E-state index in [1.807, 2.05) is 61.0 Å². The van der Waals surface area contributed by atoms with Crippen LogP contribution in [0.1, 0.15) is 23.0 Å². The van der Waals surface area contributed by atoms with Gasteiger partial charge in [-0.25, -0.2) is 4.68 Å². The first-order valence-electron chi connectivity index (χ1n) is 8.50. The molecular weight excluding hydrogens is 382 g/mol. The summed E-state index contributed by atoms with van der Waals surface area (Å²) >= 11 is 7.49. The van der Waals surface area contributed by atoms with Gasteiger partial charge in [0, 0.05) is 10.7 Å². The van der Waals surface area contributed by atoms with Crippen molar-refractivity contribution in [2.75, 3.05) is 10.7 Å². The highest BCUT2D eigenvalue weighted by Crippen LogP contribution is 2.37. The molecule has 1 aromatic heterocycles. The molecule has 1 amide bonds. The first-order valence-corrected chi connectivity index (χ1v) is 9.76. The lowest BCUT2D eigenvalue weighted by molar-refractivity contribution is -0.116. The second-order valence-corrected chi connectivity index (χ2v) is 7.91. The van der Waals surface area contributed by atoms with Crippen LogP contribution in [-0.2, 0) is 4.79 Å². The summed E-state index contributed by atoms with van der Waals surface area (Å²) in [6, 6.07) is 15.1. The molecule has 0 fully saturated rings. The summed E-state index contributed by atoms with van der Waals surface area (Å²) in [7, 11) is 0. The smallest absolute Gasteiger partial charge is 0.240 e. The van der Waals surface area contributed by atoms with Crippen LogP contribution in [0, 0.1) is 13.8 Å². The molecule has 0 unspecified atom stereocenters. The average molecular weight is 400 g/mol. The zero-order valence-electron chi connectivity index (χ0n) is 14.8. The quantitative estimate of drug-likeness (QED) is 0.697. The standard InChI is InChI=1S/C19H18ClN5OS/c1-11-8-9-14(20)10-15(11)21-18(26)17-16(13-6-4-3-5-7-13)24-25-12(2)22-23-19(25)27-17/h3-10,16-17,24H,1-2H3,(H,21,26)/t16-,17+/m1/s1. The van der Waals surface area contributed by atoms with E-state index in [0.29, 0.717) is 15.9 Å². The fourth-order valence-corrected chi connectivity index (χ4v) is 4.30. The predicted molar refractivity (Wildman–Crippen MR) is 108 cm³/mol. The van der Waals surface area contributed by atoms with Gasteiger partial charge in [0.05, 0.1) is 6.04 Å². The minimum absolute atomic E-state index is 0.112. The number of fused-ring (bicyclic) bond motifs is 1. The zero-order chi connectivity index (χ0) is 19.0. The van der Waals surface area contributed by atoms with Gasteiger partial charge in [0.25, 0.3) is 0 Å². The van der Waals surface area contributed by atoms with Crippen LogP contribution >= 0.6 is 23.4 Å². The molecule has 0 spiro atoms. The molecule has 1 aliphatic heterocycles. The number of anilines is 1. The number of carbonyl (C=O) groups is 1. The number of halogens is 1. The van der Waals surface area contributed by atoms with Crippen molar-refractivity contribution in [2.45, 2.75) is 30.3 Å². The molecule has 0 saturated heterocycles. The summed E-state index contributed by atoms with van der Waals surface area (Å²) in [5.41, 5.74) is 6.07. The Labute approximate surface area is 166 Å². The van der Waals surface area contributed by atoms with Crippen molar-refractivity contribution in [3.8, 4) is 0 Å². The topological polar surface area (TPSA) is 71.8 Å². The number of nitrogens with one attached hydrogen (secondary N) is 2. The summed E-state index contributed by atoms with van der Waals surface area (Å²) in [4.78, 5) is 13.2. The van der Waals surface area contributed by atoms with E-state index in [-0.39, 0.29) is 11.9 Å².